The van der Waals surface area contributed by atoms with Crippen LogP contribution in [-0.4, -0.2) is 29.8 Å². The molecule has 0 aliphatic carbocycles. The normalized spacial score (nSPS) is 17.4. The molecule has 5 heteroatoms. The van der Waals surface area contributed by atoms with Gasteiger partial charge < -0.3 is 4.90 Å². The van der Waals surface area contributed by atoms with Crippen molar-refractivity contribution in [1.82, 2.24) is 4.90 Å². The molecule has 2 amide bonds. The molecule has 0 spiro atoms. The lowest BCUT2D eigenvalue weighted by molar-refractivity contribution is -0.120. The first kappa shape index (κ1) is 17.8. The van der Waals surface area contributed by atoms with Crippen LogP contribution in [-0.2, 0) is 9.59 Å². The molecule has 2 heterocycles. The van der Waals surface area contributed by atoms with Gasteiger partial charge in [-0.15, -0.1) is 0 Å². The van der Waals surface area contributed by atoms with Gasteiger partial charge in [-0.2, -0.15) is 0 Å². The summed E-state index contributed by atoms with van der Waals surface area (Å²) < 4.78 is 0. The molecular weight excluding hydrogens is 360 g/mol. The maximum atomic E-state index is 13.4. The maximum absolute atomic E-state index is 13.4. The molecule has 0 aromatic heterocycles. The van der Waals surface area contributed by atoms with E-state index in [1.807, 2.05) is 44.2 Å². The number of rotatable bonds is 3. The Morgan fingerprint density at radius 2 is 1.56 bits per heavy atom. The quantitative estimate of drug-likeness (QED) is 0.744. The van der Waals surface area contributed by atoms with E-state index in [0.29, 0.717) is 22.0 Å². The molecule has 4 nitrogen and oxygen atoms in total. The Kier molecular flexibility index (Phi) is 4.52. The van der Waals surface area contributed by atoms with E-state index in [2.05, 4.69) is 4.90 Å². The average molecular weight is 381 g/mol. The molecule has 0 unspecified atom stereocenters. The first-order chi connectivity index (χ1) is 13.0. The number of imide groups is 1. The highest BCUT2D eigenvalue weighted by Crippen LogP contribution is 2.37. The fourth-order valence-corrected chi connectivity index (χ4v) is 3.93. The summed E-state index contributed by atoms with van der Waals surface area (Å²) in [5, 5.41) is 0.602. The van der Waals surface area contributed by atoms with E-state index in [4.69, 9.17) is 11.6 Å². The minimum absolute atomic E-state index is 0.236. The monoisotopic (exact) mass is 380 g/mol. The van der Waals surface area contributed by atoms with Crippen LogP contribution in [0, 0.1) is 13.8 Å². The number of amides is 2. The van der Waals surface area contributed by atoms with Gasteiger partial charge in [-0.05, 0) is 61.6 Å². The van der Waals surface area contributed by atoms with E-state index in [0.717, 1.165) is 42.6 Å². The van der Waals surface area contributed by atoms with Crippen molar-refractivity contribution in [3.05, 3.63) is 69.9 Å². The van der Waals surface area contributed by atoms with Crippen LogP contribution in [0.5, 0.6) is 0 Å². The summed E-state index contributed by atoms with van der Waals surface area (Å²) in [4.78, 5) is 30.2. The molecule has 2 aliphatic rings. The molecule has 0 saturated carbocycles. The fraction of sp³-hybridized carbons (Fsp3) is 0.273. The zero-order valence-electron chi connectivity index (χ0n) is 15.5. The van der Waals surface area contributed by atoms with Gasteiger partial charge in [-0.1, -0.05) is 35.9 Å². The third-order valence-electron chi connectivity index (χ3n) is 5.22. The summed E-state index contributed by atoms with van der Waals surface area (Å²) >= 11 is 6.02. The molecule has 0 bridgehead atoms. The third kappa shape index (κ3) is 3.04. The van der Waals surface area contributed by atoms with Gasteiger partial charge in [0.15, 0.2) is 0 Å². The van der Waals surface area contributed by atoms with Gasteiger partial charge in [0.05, 0.1) is 11.3 Å². The Hall–Kier alpha value is -2.59. The molecule has 1 saturated heterocycles. The summed E-state index contributed by atoms with van der Waals surface area (Å²) in [5.41, 5.74) is 4.29. The van der Waals surface area contributed by atoms with E-state index in [9.17, 15) is 9.59 Å². The highest BCUT2D eigenvalue weighted by Gasteiger charge is 2.43. The van der Waals surface area contributed by atoms with Crippen LogP contribution in [0.2, 0.25) is 5.02 Å². The summed E-state index contributed by atoms with van der Waals surface area (Å²) in [5.74, 6) is -0.501. The van der Waals surface area contributed by atoms with Crippen molar-refractivity contribution in [2.45, 2.75) is 26.7 Å². The second-order valence-corrected chi connectivity index (χ2v) is 7.60. The summed E-state index contributed by atoms with van der Waals surface area (Å²) in [7, 11) is 0. The largest absolute Gasteiger partial charge is 0.366 e. The lowest BCUT2D eigenvalue weighted by Crippen LogP contribution is -2.35. The van der Waals surface area contributed by atoms with E-state index < -0.39 is 0 Å². The number of aryl methyl sites for hydroxylation is 2. The Labute approximate surface area is 164 Å². The van der Waals surface area contributed by atoms with Crippen molar-refractivity contribution in [2.24, 2.45) is 0 Å². The predicted octanol–water partition coefficient (Wildman–Crippen LogP) is 4.34. The lowest BCUT2D eigenvalue weighted by Gasteiger charge is -2.21. The number of hydrogen-bond acceptors (Lipinski definition) is 3. The first-order valence-electron chi connectivity index (χ1n) is 9.18. The zero-order valence-corrected chi connectivity index (χ0v) is 16.2. The fourth-order valence-electron chi connectivity index (χ4n) is 3.81. The molecule has 2 aliphatic heterocycles. The van der Waals surface area contributed by atoms with Crippen LogP contribution >= 0.6 is 11.6 Å². The molecular formula is C22H21ClN2O2. The van der Waals surface area contributed by atoms with Crippen LogP contribution < -0.4 is 4.90 Å². The zero-order chi connectivity index (χ0) is 19.1. The van der Waals surface area contributed by atoms with Crippen molar-refractivity contribution >= 4 is 34.7 Å². The second-order valence-electron chi connectivity index (χ2n) is 7.16. The molecule has 138 valence electrons. The van der Waals surface area contributed by atoms with Crippen molar-refractivity contribution in [2.75, 3.05) is 18.0 Å². The van der Waals surface area contributed by atoms with Crippen LogP contribution in [0.25, 0.3) is 5.57 Å². The highest BCUT2D eigenvalue weighted by molar-refractivity contribution is 6.45. The number of carbonyl (C=O) groups is 2. The Morgan fingerprint density at radius 1 is 0.889 bits per heavy atom. The second kappa shape index (κ2) is 6.86. The van der Waals surface area contributed by atoms with Crippen LogP contribution in [0.15, 0.2) is 48.2 Å². The molecule has 27 heavy (non-hydrogen) atoms. The molecule has 2 aromatic rings. The average Bonchev–Trinajstić information content (AvgIpc) is 3.25. The number of likely N-dealkylation sites (tertiary alicyclic amines) is 1. The van der Waals surface area contributed by atoms with E-state index in [1.165, 1.54) is 4.90 Å². The van der Waals surface area contributed by atoms with Crippen LogP contribution in [0.4, 0.5) is 5.69 Å². The topological polar surface area (TPSA) is 40.6 Å². The number of hydrogen-bond donors (Lipinski definition) is 0. The SMILES string of the molecule is Cc1ccc(C)c(N2C(=O)C(c3ccc(Cl)cc3)=C(N3CCCC3)C2=O)c1. The van der Waals surface area contributed by atoms with Gasteiger partial charge in [0.2, 0.25) is 0 Å². The van der Waals surface area contributed by atoms with Gasteiger partial charge in [0.25, 0.3) is 11.8 Å². The minimum Gasteiger partial charge on any atom is -0.366 e. The number of carbonyl (C=O) groups excluding carboxylic acids is 2. The van der Waals surface area contributed by atoms with Crippen LogP contribution in [0.1, 0.15) is 29.5 Å². The first-order valence-corrected chi connectivity index (χ1v) is 9.56. The predicted molar refractivity (Wildman–Crippen MR) is 108 cm³/mol. The number of nitrogens with zero attached hydrogens (tertiary/aromatic N) is 2. The van der Waals surface area contributed by atoms with Gasteiger partial charge in [0.1, 0.15) is 5.70 Å². The lowest BCUT2D eigenvalue weighted by atomic mass is 10.0. The Bertz CT molecular complexity index is 957. The standard InChI is InChI=1S/C22H21ClN2O2/c1-14-5-6-15(2)18(13-14)25-21(26)19(16-7-9-17(23)10-8-16)20(22(25)27)24-11-3-4-12-24/h5-10,13H,3-4,11-12H2,1-2H3. The summed E-state index contributed by atoms with van der Waals surface area (Å²) in [6, 6.07) is 13.0. The van der Waals surface area contributed by atoms with E-state index >= 15 is 0 Å². The Balaban J connectivity index is 1.86. The van der Waals surface area contributed by atoms with Crippen molar-refractivity contribution in [1.29, 1.82) is 0 Å². The number of halogens is 1. The minimum atomic E-state index is -0.266. The van der Waals surface area contributed by atoms with E-state index in [1.54, 1.807) is 12.1 Å². The molecule has 0 radical (unpaired) electrons. The van der Waals surface area contributed by atoms with Gasteiger partial charge in [-0.3, -0.25) is 9.59 Å². The maximum Gasteiger partial charge on any atom is 0.282 e. The molecule has 0 atom stereocenters. The Morgan fingerprint density at radius 3 is 2.22 bits per heavy atom. The molecule has 2 aromatic carbocycles. The molecule has 0 N–H and O–H groups in total. The van der Waals surface area contributed by atoms with Crippen molar-refractivity contribution < 1.29 is 9.59 Å². The van der Waals surface area contributed by atoms with Crippen LogP contribution in [0.3, 0.4) is 0 Å². The van der Waals surface area contributed by atoms with Crippen molar-refractivity contribution in [3.63, 3.8) is 0 Å². The van der Waals surface area contributed by atoms with Gasteiger partial charge in [0, 0.05) is 18.1 Å². The van der Waals surface area contributed by atoms with Gasteiger partial charge in [-0.25, -0.2) is 4.90 Å². The number of anilines is 1. The van der Waals surface area contributed by atoms with Gasteiger partial charge >= 0.3 is 0 Å². The third-order valence-corrected chi connectivity index (χ3v) is 5.47. The molecule has 1 fully saturated rings. The summed E-state index contributed by atoms with van der Waals surface area (Å²) in [6.07, 6.45) is 2.06. The number of benzene rings is 2. The smallest absolute Gasteiger partial charge is 0.282 e. The highest BCUT2D eigenvalue weighted by atomic mass is 35.5. The molecule has 4 rings (SSSR count). The summed E-state index contributed by atoms with van der Waals surface area (Å²) in [6.45, 7) is 5.48. The van der Waals surface area contributed by atoms with E-state index in [-0.39, 0.29) is 11.8 Å². The van der Waals surface area contributed by atoms with Crippen molar-refractivity contribution in [3.8, 4) is 0 Å².